The van der Waals surface area contributed by atoms with Crippen molar-refractivity contribution in [2.45, 2.75) is 26.0 Å². The molecule has 0 aliphatic carbocycles. The Balaban J connectivity index is 1.84. The van der Waals surface area contributed by atoms with Crippen LogP contribution in [0, 0.1) is 5.92 Å². The van der Waals surface area contributed by atoms with Gasteiger partial charge in [0, 0.05) is 11.0 Å². The van der Waals surface area contributed by atoms with Crippen molar-refractivity contribution in [3.05, 3.63) is 34.3 Å². The molecule has 1 aliphatic rings. The summed E-state index contributed by atoms with van der Waals surface area (Å²) in [7, 11) is 0. The molecule has 1 heterocycles. The zero-order chi connectivity index (χ0) is 12.3. The Morgan fingerprint density at radius 3 is 3.06 bits per heavy atom. The smallest absolute Gasteiger partial charge is 0.225 e. The first-order valence-electron chi connectivity index (χ1n) is 5.79. The van der Waals surface area contributed by atoms with E-state index in [-0.39, 0.29) is 17.9 Å². The fourth-order valence-electron chi connectivity index (χ4n) is 1.98. The molecule has 92 valence electrons. The number of carbonyl (C=O) groups excluding carboxylic acids is 1. The zero-order valence-corrected chi connectivity index (χ0v) is 11.4. The molecular formula is C13H16BrNO2. The van der Waals surface area contributed by atoms with Gasteiger partial charge in [-0.05, 0) is 31.0 Å². The number of benzene rings is 1. The average molecular weight is 298 g/mol. The molecule has 2 atom stereocenters. The lowest BCUT2D eigenvalue weighted by Gasteiger charge is -2.09. The van der Waals surface area contributed by atoms with Gasteiger partial charge < -0.3 is 10.1 Å². The second-order valence-corrected chi connectivity index (χ2v) is 5.34. The van der Waals surface area contributed by atoms with Crippen molar-refractivity contribution in [2.24, 2.45) is 5.92 Å². The van der Waals surface area contributed by atoms with Gasteiger partial charge in [0.05, 0.1) is 18.6 Å². The normalized spacial score (nSPS) is 23.6. The van der Waals surface area contributed by atoms with E-state index in [1.54, 1.807) is 0 Å². The van der Waals surface area contributed by atoms with Crippen LogP contribution in [-0.2, 0) is 16.1 Å². The Morgan fingerprint density at radius 1 is 1.59 bits per heavy atom. The van der Waals surface area contributed by atoms with Gasteiger partial charge in [0.25, 0.3) is 0 Å². The first-order valence-corrected chi connectivity index (χ1v) is 6.58. The van der Waals surface area contributed by atoms with Crippen LogP contribution in [0.15, 0.2) is 28.7 Å². The minimum Gasteiger partial charge on any atom is -0.378 e. The molecule has 3 nitrogen and oxygen atoms in total. The van der Waals surface area contributed by atoms with E-state index in [0.717, 1.165) is 16.5 Å². The number of halogens is 1. The molecule has 0 aromatic heterocycles. The van der Waals surface area contributed by atoms with Crippen LogP contribution in [0.4, 0.5) is 0 Å². The quantitative estimate of drug-likeness (QED) is 0.931. The van der Waals surface area contributed by atoms with Crippen LogP contribution in [0.5, 0.6) is 0 Å². The van der Waals surface area contributed by atoms with Gasteiger partial charge in [-0.15, -0.1) is 0 Å². The van der Waals surface area contributed by atoms with Crippen LogP contribution in [0.25, 0.3) is 0 Å². The summed E-state index contributed by atoms with van der Waals surface area (Å²) < 4.78 is 6.42. The van der Waals surface area contributed by atoms with E-state index in [9.17, 15) is 4.79 Å². The molecule has 1 aliphatic heterocycles. The summed E-state index contributed by atoms with van der Waals surface area (Å²) in [5.41, 5.74) is 1.10. The highest BCUT2D eigenvalue weighted by atomic mass is 79.9. The van der Waals surface area contributed by atoms with Gasteiger partial charge in [-0.1, -0.05) is 28.1 Å². The van der Waals surface area contributed by atoms with Crippen LogP contribution in [0.1, 0.15) is 18.9 Å². The van der Waals surface area contributed by atoms with E-state index in [1.165, 1.54) is 0 Å². The number of hydrogen-bond acceptors (Lipinski definition) is 2. The molecule has 0 spiro atoms. The zero-order valence-electron chi connectivity index (χ0n) is 9.78. The summed E-state index contributed by atoms with van der Waals surface area (Å²) in [5.74, 6) is 0.103. The fourth-order valence-corrected chi connectivity index (χ4v) is 2.43. The molecule has 2 rings (SSSR count). The van der Waals surface area contributed by atoms with E-state index >= 15 is 0 Å². The molecule has 0 saturated carbocycles. The Kier molecular flexibility index (Phi) is 4.18. The van der Waals surface area contributed by atoms with Crippen LogP contribution in [0.3, 0.4) is 0 Å². The van der Waals surface area contributed by atoms with E-state index in [0.29, 0.717) is 13.2 Å². The van der Waals surface area contributed by atoms with Crippen LogP contribution in [0.2, 0.25) is 0 Å². The fraction of sp³-hybridized carbons (Fsp3) is 0.462. The van der Waals surface area contributed by atoms with Crippen LogP contribution < -0.4 is 5.32 Å². The van der Waals surface area contributed by atoms with E-state index in [1.807, 2.05) is 31.2 Å². The number of nitrogens with one attached hydrogen (secondary N) is 1. The molecular weight excluding hydrogens is 282 g/mol. The largest absolute Gasteiger partial charge is 0.378 e. The standard InChI is InChI=1S/C13H16BrNO2/c1-9-5-11(8-17-9)13(16)15-7-10-3-2-4-12(14)6-10/h2-4,6,9,11H,5,7-8H2,1H3,(H,15,16). The maximum absolute atomic E-state index is 11.8. The summed E-state index contributed by atoms with van der Waals surface area (Å²) in [6, 6.07) is 7.94. The number of amides is 1. The number of hydrogen-bond donors (Lipinski definition) is 1. The van der Waals surface area contributed by atoms with E-state index in [4.69, 9.17) is 4.74 Å². The minimum absolute atomic E-state index is 0.0113. The van der Waals surface area contributed by atoms with Gasteiger partial charge >= 0.3 is 0 Å². The van der Waals surface area contributed by atoms with Gasteiger partial charge in [-0.25, -0.2) is 0 Å². The predicted molar refractivity (Wildman–Crippen MR) is 69.5 cm³/mol. The van der Waals surface area contributed by atoms with Gasteiger partial charge in [-0.3, -0.25) is 4.79 Å². The van der Waals surface area contributed by atoms with Crippen molar-refractivity contribution in [3.8, 4) is 0 Å². The number of ether oxygens (including phenoxy) is 1. The topological polar surface area (TPSA) is 38.3 Å². The third-order valence-corrected chi connectivity index (χ3v) is 3.42. The molecule has 1 N–H and O–H groups in total. The molecule has 1 saturated heterocycles. The lowest BCUT2D eigenvalue weighted by atomic mass is 10.1. The summed E-state index contributed by atoms with van der Waals surface area (Å²) in [6.07, 6.45) is 1.03. The second-order valence-electron chi connectivity index (χ2n) is 4.42. The summed E-state index contributed by atoms with van der Waals surface area (Å²) in [4.78, 5) is 11.8. The molecule has 4 heteroatoms. The minimum atomic E-state index is 0.0113. The average Bonchev–Trinajstić information content (AvgIpc) is 2.73. The predicted octanol–water partition coefficient (Wildman–Crippen LogP) is 2.49. The van der Waals surface area contributed by atoms with Crippen LogP contribution >= 0.6 is 15.9 Å². The highest BCUT2D eigenvalue weighted by Gasteiger charge is 2.27. The van der Waals surface area contributed by atoms with Crippen molar-refractivity contribution in [1.82, 2.24) is 5.32 Å². The van der Waals surface area contributed by atoms with Gasteiger partial charge in [0.2, 0.25) is 5.91 Å². The van der Waals surface area contributed by atoms with E-state index < -0.39 is 0 Å². The summed E-state index contributed by atoms with van der Waals surface area (Å²) >= 11 is 3.41. The Labute approximate surface area is 110 Å². The summed E-state index contributed by atoms with van der Waals surface area (Å²) in [5, 5.41) is 2.95. The summed E-state index contributed by atoms with van der Waals surface area (Å²) in [6.45, 7) is 3.12. The second kappa shape index (κ2) is 5.65. The maximum Gasteiger partial charge on any atom is 0.225 e. The van der Waals surface area contributed by atoms with Gasteiger partial charge in [0.1, 0.15) is 0 Å². The van der Waals surface area contributed by atoms with Crippen LogP contribution in [-0.4, -0.2) is 18.6 Å². The third-order valence-electron chi connectivity index (χ3n) is 2.92. The molecule has 1 amide bonds. The van der Waals surface area contributed by atoms with Crippen molar-refractivity contribution in [1.29, 1.82) is 0 Å². The number of carbonyl (C=O) groups is 1. The highest BCUT2D eigenvalue weighted by Crippen LogP contribution is 2.19. The highest BCUT2D eigenvalue weighted by molar-refractivity contribution is 9.10. The van der Waals surface area contributed by atoms with Crippen molar-refractivity contribution < 1.29 is 9.53 Å². The molecule has 0 radical (unpaired) electrons. The Hall–Kier alpha value is -0.870. The number of rotatable bonds is 3. The van der Waals surface area contributed by atoms with Crippen molar-refractivity contribution in [3.63, 3.8) is 0 Å². The molecule has 17 heavy (non-hydrogen) atoms. The molecule has 1 aromatic rings. The van der Waals surface area contributed by atoms with Crippen molar-refractivity contribution >= 4 is 21.8 Å². The molecule has 2 unspecified atom stereocenters. The lowest BCUT2D eigenvalue weighted by molar-refractivity contribution is -0.125. The van der Waals surface area contributed by atoms with E-state index in [2.05, 4.69) is 21.2 Å². The lowest BCUT2D eigenvalue weighted by Crippen LogP contribution is -2.30. The third kappa shape index (κ3) is 3.54. The molecule has 1 fully saturated rings. The van der Waals surface area contributed by atoms with Crippen molar-refractivity contribution in [2.75, 3.05) is 6.61 Å². The molecule has 0 bridgehead atoms. The molecule has 1 aromatic carbocycles. The SMILES string of the molecule is CC1CC(C(=O)NCc2cccc(Br)c2)CO1. The first-order chi connectivity index (χ1) is 8.15. The Bertz CT molecular complexity index is 408. The van der Waals surface area contributed by atoms with Gasteiger partial charge in [0.15, 0.2) is 0 Å². The Morgan fingerprint density at radius 2 is 2.41 bits per heavy atom. The monoisotopic (exact) mass is 297 g/mol. The van der Waals surface area contributed by atoms with Gasteiger partial charge in [-0.2, -0.15) is 0 Å². The maximum atomic E-state index is 11.8. The first kappa shape index (κ1) is 12.6.